The van der Waals surface area contributed by atoms with Crippen molar-refractivity contribution in [1.82, 2.24) is 9.78 Å². The lowest BCUT2D eigenvalue weighted by Crippen LogP contribution is -2.15. The molecule has 0 amide bonds. The third kappa shape index (κ3) is 3.02. The standard InChI is InChI=1S/C11H19N3O3S/c1-6(2)9-10(14(16)17)11(13(5)12-9)18-8(4)7(3)15/h6-8,15H,1-5H3. The molecule has 0 saturated carbocycles. The highest BCUT2D eigenvalue weighted by Gasteiger charge is 2.30. The number of hydrogen-bond acceptors (Lipinski definition) is 5. The first-order valence-electron chi connectivity index (χ1n) is 5.81. The minimum atomic E-state index is -0.535. The summed E-state index contributed by atoms with van der Waals surface area (Å²) in [5.41, 5.74) is 0.549. The molecule has 0 fully saturated rings. The van der Waals surface area contributed by atoms with E-state index in [1.165, 1.54) is 16.4 Å². The largest absolute Gasteiger partial charge is 0.392 e. The Morgan fingerprint density at radius 2 is 1.94 bits per heavy atom. The van der Waals surface area contributed by atoms with Crippen molar-refractivity contribution in [2.75, 3.05) is 0 Å². The fourth-order valence-electron chi connectivity index (χ4n) is 1.48. The maximum atomic E-state index is 11.2. The molecule has 1 heterocycles. The molecule has 1 rings (SSSR count). The number of rotatable bonds is 5. The highest BCUT2D eigenvalue weighted by Crippen LogP contribution is 2.37. The quantitative estimate of drug-likeness (QED) is 0.506. The van der Waals surface area contributed by atoms with E-state index >= 15 is 0 Å². The van der Waals surface area contributed by atoms with Gasteiger partial charge in [0.1, 0.15) is 5.69 Å². The second-order valence-electron chi connectivity index (χ2n) is 4.64. The normalized spacial score (nSPS) is 14.8. The van der Waals surface area contributed by atoms with Crippen LogP contribution in [0.5, 0.6) is 0 Å². The van der Waals surface area contributed by atoms with Crippen LogP contribution in [0, 0.1) is 10.1 Å². The van der Waals surface area contributed by atoms with Gasteiger partial charge in [0.25, 0.3) is 0 Å². The van der Waals surface area contributed by atoms with Crippen LogP contribution in [-0.4, -0.2) is 31.2 Å². The van der Waals surface area contributed by atoms with Crippen molar-refractivity contribution in [3.8, 4) is 0 Å². The van der Waals surface area contributed by atoms with Crippen molar-refractivity contribution in [3.05, 3.63) is 15.8 Å². The predicted molar refractivity (Wildman–Crippen MR) is 71.0 cm³/mol. The van der Waals surface area contributed by atoms with E-state index in [0.29, 0.717) is 10.7 Å². The highest BCUT2D eigenvalue weighted by molar-refractivity contribution is 8.00. The second kappa shape index (κ2) is 5.71. The summed E-state index contributed by atoms with van der Waals surface area (Å²) in [5, 5.41) is 25.3. The molecule has 18 heavy (non-hydrogen) atoms. The number of nitrogens with zero attached hydrogens (tertiary/aromatic N) is 3. The lowest BCUT2D eigenvalue weighted by atomic mass is 10.1. The molecule has 2 atom stereocenters. The number of hydrogen-bond donors (Lipinski definition) is 1. The summed E-state index contributed by atoms with van der Waals surface area (Å²) in [6.07, 6.45) is -0.535. The second-order valence-corrected chi connectivity index (χ2v) is 6.00. The van der Waals surface area contributed by atoms with Gasteiger partial charge in [-0.05, 0) is 6.92 Å². The number of aliphatic hydroxyl groups excluding tert-OH is 1. The van der Waals surface area contributed by atoms with Crippen LogP contribution in [0.3, 0.4) is 0 Å². The maximum absolute atomic E-state index is 11.2. The molecule has 0 aromatic carbocycles. The SMILES string of the molecule is CC(C)c1nn(C)c(SC(C)C(C)O)c1[N+](=O)[O-]. The van der Waals surface area contributed by atoms with Crippen molar-refractivity contribution in [2.45, 2.75) is 50.0 Å². The fourth-order valence-corrected chi connectivity index (χ4v) is 2.52. The summed E-state index contributed by atoms with van der Waals surface area (Å²) in [7, 11) is 1.69. The van der Waals surface area contributed by atoms with Crippen LogP contribution in [0.2, 0.25) is 0 Å². The van der Waals surface area contributed by atoms with Gasteiger partial charge in [-0.1, -0.05) is 32.5 Å². The Balaban J connectivity index is 3.22. The van der Waals surface area contributed by atoms with E-state index in [0.717, 1.165) is 0 Å². The maximum Gasteiger partial charge on any atom is 0.324 e. The Kier molecular flexibility index (Phi) is 4.75. The van der Waals surface area contributed by atoms with Crippen LogP contribution < -0.4 is 0 Å². The van der Waals surface area contributed by atoms with E-state index in [1.807, 2.05) is 20.8 Å². The molecule has 0 bridgehead atoms. The van der Waals surface area contributed by atoms with Crippen LogP contribution in [-0.2, 0) is 7.05 Å². The Bertz CT molecular complexity index is 443. The summed E-state index contributed by atoms with van der Waals surface area (Å²) in [4.78, 5) is 10.8. The Morgan fingerprint density at radius 3 is 2.33 bits per heavy atom. The van der Waals surface area contributed by atoms with Gasteiger partial charge in [-0.2, -0.15) is 5.10 Å². The predicted octanol–water partition coefficient (Wildman–Crippen LogP) is 2.31. The molecule has 0 radical (unpaired) electrons. The zero-order valence-corrected chi connectivity index (χ0v) is 12.1. The van der Waals surface area contributed by atoms with E-state index in [2.05, 4.69) is 5.10 Å². The number of aryl methyl sites for hydroxylation is 1. The number of aromatic nitrogens is 2. The minimum Gasteiger partial charge on any atom is -0.392 e. The zero-order valence-electron chi connectivity index (χ0n) is 11.2. The molecule has 7 heteroatoms. The van der Waals surface area contributed by atoms with Gasteiger partial charge < -0.3 is 5.11 Å². The van der Waals surface area contributed by atoms with E-state index in [4.69, 9.17) is 0 Å². The number of nitro groups is 1. The molecule has 0 aliphatic carbocycles. The zero-order chi connectivity index (χ0) is 14.0. The van der Waals surface area contributed by atoms with Crippen LogP contribution in [0.15, 0.2) is 5.03 Å². The molecule has 102 valence electrons. The van der Waals surface area contributed by atoms with E-state index < -0.39 is 6.10 Å². The molecular weight excluding hydrogens is 254 g/mol. The topological polar surface area (TPSA) is 81.2 Å². The molecule has 1 aromatic heterocycles. The number of aliphatic hydroxyl groups is 1. The summed E-state index contributed by atoms with van der Waals surface area (Å²) in [6, 6.07) is 0. The summed E-state index contributed by atoms with van der Waals surface area (Å²) >= 11 is 1.28. The van der Waals surface area contributed by atoms with Gasteiger partial charge in [-0.3, -0.25) is 14.8 Å². The molecule has 0 aliphatic rings. The van der Waals surface area contributed by atoms with E-state index in [1.54, 1.807) is 14.0 Å². The first-order valence-corrected chi connectivity index (χ1v) is 6.69. The van der Waals surface area contributed by atoms with Gasteiger partial charge in [0.05, 0.1) is 11.0 Å². The molecule has 6 nitrogen and oxygen atoms in total. The van der Waals surface area contributed by atoms with Crippen LogP contribution in [0.1, 0.15) is 39.3 Å². The molecule has 1 N–H and O–H groups in total. The molecule has 0 saturated heterocycles. The van der Waals surface area contributed by atoms with Gasteiger partial charge in [0, 0.05) is 18.2 Å². The Labute approximate surface area is 111 Å². The Hall–Kier alpha value is -1.08. The minimum absolute atomic E-state index is 0.00666. The third-order valence-corrected chi connectivity index (χ3v) is 4.15. The van der Waals surface area contributed by atoms with Gasteiger partial charge >= 0.3 is 5.69 Å². The first-order chi connectivity index (χ1) is 8.25. The van der Waals surface area contributed by atoms with Crippen LogP contribution in [0.4, 0.5) is 5.69 Å². The first kappa shape index (κ1) is 15.0. The molecule has 0 spiro atoms. The van der Waals surface area contributed by atoms with Gasteiger partial charge in [-0.15, -0.1) is 0 Å². The molecular formula is C11H19N3O3S. The van der Waals surface area contributed by atoms with Crippen molar-refractivity contribution in [2.24, 2.45) is 7.05 Å². The van der Waals surface area contributed by atoms with Gasteiger partial charge in [-0.25, -0.2) is 0 Å². The van der Waals surface area contributed by atoms with Crippen molar-refractivity contribution >= 4 is 17.4 Å². The van der Waals surface area contributed by atoms with E-state index in [9.17, 15) is 15.2 Å². The van der Waals surface area contributed by atoms with Crippen molar-refractivity contribution in [3.63, 3.8) is 0 Å². The van der Waals surface area contributed by atoms with Gasteiger partial charge in [0.15, 0.2) is 5.03 Å². The summed E-state index contributed by atoms with van der Waals surface area (Å²) in [5.74, 6) is -0.00666. The van der Waals surface area contributed by atoms with Crippen LogP contribution >= 0.6 is 11.8 Å². The number of thioether (sulfide) groups is 1. The lowest BCUT2D eigenvalue weighted by molar-refractivity contribution is -0.388. The van der Waals surface area contributed by atoms with Crippen molar-refractivity contribution in [1.29, 1.82) is 0 Å². The molecule has 1 aromatic rings. The van der Waals surface area contributed by atoms with Crippen LogP contribution in [0.25, 0.3) is 0 Å². The average molecular weight is 273 g/mol. The van der Waals surface area contributed by atoms with Crippen molar-refractivity contribution < 1.29 is 10.0 Å². The Morgan fingerprint density at radius 1 is 1.39 bits per heavy atom. The average Bonchev–Trinajstić information content (AvgIpc) is 2.56. The fraction of sp³-hybridized carbons (Fsp3) is 0.727. The smallest absolute Gasteiger partial charge is 0.324 e. The highest BCUT2D eigenvalue weighted by atomic mass is 32.2. The van der Waals surface area contributed by atoms with E-state index in [-0.39, 0.29) is 21.8 Å². The molecule has 2 unspecified atom stereocenters. The third-order valence-electron chi connectivity index (χ3n) is 2.70. The summed E-state index contributed by atoms with van der Waals surface area (Å²) < 4.78 is 1.52. The monoisotopic (exact) mass is 273 g/mol. The molecule has 0 aliphatic heterocycles. The summed E-state index contributed by atoms with van der Waals surface area (Å²) in [6.45, 7) is 7.26. The lowest BCUT2D eigenvalue weighted by Gasteiger charge is -2.13. The van der Waals surface area contributed by atoms with Gasteiger partial charge in [0.2, 0.25) is 0 Å².